The molecule has 0 fully saturated rings. The molecule has 0 aliphatic carbocycles. The summed E-state index contributed by atoms with van der Waals surface area (Å²) >= 11 is 17.5. The van der Waals surface area contributed by atoms with E-state index in [9.17, 15) is 9.50 Å². The molecule has 0 spiro atoms. The van der Waals surface area contributed by atoms with Gasteiger partial charge in [0.05, 0.1) is 6.10 Å². The van der Waals surface area contributed by atoms with Gasteiger partial charge in [-0.3, -0.25) is 0 Å². The van der Waals surface area contributed by atoms with E-state index in [0.29, 0.717) is 26.2 Å². The third-order valence-electron chi connectivity index (χ3n) is 2.75. The van der Waals surface area contributed by atoms with Gasteiger partial charge in [0.25, 0.3) is 0 Å². The molecule has 0 aromatic heterocycles. The number of benzene rings is 2. The van der Waals surface area contributed by atoms with Gasteiger partial charge in [0, 0.05) is 27.1 Å². The Balaban J connectivity index is 2.25. The SMILES string of the molecule is OC(Cc1ccc(Cl)cc1F)c1cc(Cl)ccc1Cl. The number of aliphatic hydroxyl groups excluding tert-OH is 1. The molecule has 0 amide bonds. The highest BCUT2D eigenvalue weighted by molar-refractivity contribution is 6.33. The summed E-state index contributed by atoms with van der Waals surface area (Å²) in [6.07, 6.45) is -0.829. The molecule has 1 atom stereocenters. The molecular formula is C14H10Cl3FO. The molecule has 0 bridgehead atoms. The average molecular weight is 320 g/mol. The van der Waals surface area contributed by atoms with Crippen molar-refractivity contribution >= 4 is 34.8 Å². The first-order valence-corrected chi connectivity index (χ1v) is 6.67. The van der Waals surface area contributed by atoms with Crippen molar-refractivity contribution in [1.82, 2.24) is 0 Å². The van der Waals surface area contributed by atoms with E-state index < -0.39 is 11.9 Å². The first-order valence-electron chi connectivity index (χ1n) is 5.54. The van der Waals surface area contributed by atoms with Crippen LogP contribution in [-0.4, -0.2) is 5.11 Å². The fraction of sp³-hybridized carbons (Fsp3) is 0.143. The van der Waals surface area contributed by atoms with E-state index in [1.54, 1.807) is 30.3 Å². The van der Waals surface area contributed by atoms with Crippen LogP contribution in [0.2, 0.25) is 15.1 Å². The summed E-state index contributed by atoms with van der Waals surface area (Å²) in [6.45, 7) is 0. The molecule has 0 saturated heterocycles. The van der Waals surface area contributed by atoms with Crippen LogP contribution in [0.4, 0.5) is 4.39 Å². The van der Waals surface area contributed by atoms with Crippen LogP contribution in [0.3, 0.4) is 0 Å². The van der Waals surface area contributed by atoms with Crippen LogP contribution in [0, 0.1) is 5.82 Å². The van der Waals surface area contributed by atoms with E-state index in [2.05, 4.69) is 0 Å². The van der Waals surface area contributed by atoms with Gasteiger partial charge in [-0.05, 0) is 35.9 Å². The van der Waals surface area contributed by atoms with Crippen LogP contribution < -0.4 is 0 Å². The highest BCUT2D eigenvalue weighted by Gasteiger charge is 2.15. The van der Waals surface area contributed by atoms with Crippen molar-refractivity contribution in [3.8, 4) is 0 Å². The van der Waals surface area contributed by atoms with Crippen LogP contribution in [0.15, 0.2) is 36.4 Å². The zero-order chi connectivity index (χ0) is 14.0. The van der Waals surface area contributed by atoms with Crippen molar-refractivity contribution in [2.45, 2.75) is 12.5 Å². The second kappa shape index (κ2) is 6.10. The van der Waals surface area contributed by atoms with Crippen LogP contribution in [0.1, 0.15) is 17.2 Å². The highest BCUT2D eigenvalue weighted by Crippen LogP contribution is 2.29. The second-order valence-corrected chi connectivity index (χ2v) is 5.40. The van der Waals surface area contributed by atoms with Gasteiger partial charge in [0.2, 0.25) is 0 Å². The topological polar surface area (TPSA) is 20.2 Å². The van der Waals surface area contributed by atoms with Crippen LogP contribution in [0.25, 0.3) is 0 Å². The van der Waals surface area contributed by atoms with E-state index in [-0.39, 0.29) is 6.42 Å². The Kier molecular flexibility index (Phi) is 4.69. The molecule has 0 saturated carbocycles. The predicted octanol–water partition coefficient (Wildman–Crippen LogP) is 5.06. The lowest BCUT2D eigenvalue weighted by Gasteiger charge is -2.14. The van der Waals surface area contributed by atoms with Crippen molar-refractivity contribution in [3.63, 3.8) is 0 Å². The lowest BCUT2D eigenvalue weighted by Crippen LogP contribution is -2.04. The summed E-state index contributed by atoms with van der Waals surface area (Å²) in [5.41, 5.74) is 0.844. The predicted molar refractivity (Wildman–Crippen MR) is 76.5 cm³/mol. The maximum atomic E-state index is 13.7. The zero-order valence-electron chi connectivity index (χ0n) is 9.71. The lowest BCUT2D eigenvalue weighted by molar-refractivity contribution is 0.177. The summed E-state index contributed by atoms with van der Waals surface area (Å²) in [5.74, 6) is -0.454. The van der Waals surface area contributed by atoms with Gasteiger partial charge >= 0.3 is 0 Å². The molecule has 2 aromatic carbocycles. The average Bonchev–Trinajstić information content (AvgIpc) is 2.35. The first kappa shape index (κ1) is 14.6. The monoisotopic (exact) mass is 318 g/mol. The number of hydrogen-bond acceptors (Lipinski definition) is 1. The molecule has 100 valence electrons. The van der Waals surface area contributed by atoms with Crippen LogP contribution in [-0.2, 0) is 6.42 Å². The van der Waals surface area contributed by atoms with Gasteiger partial charge in [0.1, 0.15) is 5.82 Å². The molecule has 19 heavy (non-hydrogen) atoms. The van der Waals surface area contributed by atoms with E-state index in [0.717, 1.165) is 0 Å². The first-order chi connectivity index (χ1) is 8.97. The Morgan fingerprint density at radius 1 is 1.00 bits per heavy atom. The fourth-order valence-corrected chi connectivity index (χ4v) is 2.36. The van der Waals surface area contributed by atoms with Gasteiger partial charge in [-0.25, -0.2) is 4.39 Å². The Bertz CT molecular complexity index is 601. The Morgan fingerprint density at radius 2 is 1.63 bits per heavy atom. The van der Waals surface area contributed by atoms with Gasteiger partial charge in [0.15, 0.2) is 0 Å². The highest BCUT2D eigenvalue weighted by atomic mass is 35.5. The van der Waals surface area contributed by atoms with E-state index in [1.807, 2.05) is 0 Å². The maximum absolute atomic E-state index is 13.7. The van der Waals surface area contributed by atoms with Crippen molar-refractivity contribution in [3.05, 3.63) is 68.4 Å². The molecule has 2 aromatic rings. The summed E-state index contributed by atoms with van der Waals surface area (Å²) in [6, 6.07) is 9.13. The normalized spacial score (nSPS) is 12.5. The van der Waals surface area contributed by atoms with Gasteiger partial charge < -0.3 is 5.11 Å². The molecule has 0 heterocycles. The summed E-state index contributed by atoms with van der Waals surface area (Å²) in [4.78, 5) is 0. The molecular weight excluding hydrogens is 310 g/mol. The number of rotatable bonds is 3. The summed E-state index contributed by atoms with van der Waals surface area (Å²) in [7, 11) is 0. The lowest BCUT2D eigenvalue weighted by atomic mass is 10.0. The molecule has 0 aliphatic rings. The molecule has 1 unspecified atom stereocenters. The quantitative estimate of drug-likeness (QED) is 0.838. The molecule has 1 nitrogen and oxygen atoms in total. The summed E-state index contributed by atoms with van der Waals surface area (Å²) < 4.78 is 13.7. The minimum atomic E-state index is -0.929. The summed E-state index contributed by atoms with van der Waals surface area (Å²) in [5, 5.41) is 11.3. The van der Waals surface area contributed by atoms with Crippen molar-refractivity contribution in [2.24, 2.45) is 0 Å². The largest absolute Gasteiger partial charge is 0.388 e. The second-order valence-electron chi connectivity index (χ2n) is 4.12. The maximum Gasteiger partial charge on any atom is 0.127 e. The Morgan fingerprint density at radius 3 is 2.32 bits per heavy atom. The number of hydrogen-bond donors (Lipinski definition) is 1. The third kappa shape index (κ3) is 3.61. The number of aliphatic hydroxyl groups is 1. The fourth-order valence-electron chi connectivity index (χ4n) is 1.78. The molecule has 1 N–H and O–H groups in total. The molecule has 0 aliphatic heterocycles. The van der Waals surface area contributed by atoms with Crippen molar-refractivity contribution < 1.29 is 9.50 Å². The third-order valence-corrected chi connectivity index (χ3v) is 3.56. The van der Waals surface area contributed by atoms with E-state index in [1.165, 1.54) is 6.07 Å². The van der Waals surface area contributed by atoms with Crippen molar-refractivity contribution in [1.29, 1.82) is 0 Å². The molecule has 2 rings (SSSR count). The van der Waals surface area contributed by atoms with E-state index >= 15 is 0 Å². The molecule has 0 radical (unpaired) electrons. The Labute approximate surface area is 125 Å². The standard InChI is InChI=1S/C14H10Cl3FO/c15-9-3-4-12(17)11(6-9)14(19)5-8-1-2-10(16)7-13(8)18/h1-4,6-7,14,19H,5H2. The minimum Gasteiger partial charge on any atom is -0.388 e. The van der Waals surface area contributed by atoms with Crippen LogP contribution in [0.5, 0.6) is 0 Å². The zero-order valence-corrected chi connectivity index (χ0v) is 12.0. The molecule has 5 heteroatoms. The smallest absolute Gasteiger partial charge is 0.127 e. The Hall–Kier alpha value is -0.800. The number of halogens is 4. The van der Waals surface area contributed by atoms with Crippen LogP contribution >= 0.6 is 34.8 Å². The van der Waals surface area contributed by atoms with Gasteiger partial charge in [-0.2, -0.15) is 0 Å². The van der Waals surface area contributed by atoms with Crippen molar-refractivity contribution in [2.75, 3.05) is 0 Å². The minimum absolute atomic E-state index is 0.100. The van der Waals surface area contributed by atoms with Gasteiger partial charge in [-0.15, -0.1) is 0 Å². The van der Waals surface area contributed by atoms with Gasteiger partial charge in [-0.1, -0.05) is 40.9 Å². The van der Waals surface area contributed by atoms with E-state index in [4.69, 9.17) is 34.8 Å².